The molecule has 7 nitrogen and oxygen atoms in total. The molecule has 1 aromatic rings. The first-order valence-electron chi connectivity index (χ1n) is 4.61. The molecule has 1 amide bonds. The maximum atomic E-state index is 11.3. The molecule has 1 aromatic heterocycles. The fourth-order valence-electron chi connectivity index (χ4n) is 0.909. The summed E-state index contributed by atoms with van der Waals surface area (Å²) >= 11 is 0. The van der Waals surface area contributed by atoms with E-state index in [4.69, 9.17) is 10.3 Å². The summed E-state index contributed by atoms with van der Waals surface area (Å²) in [7, 11) is 0. The molecule has 84 valence electrons. The van der Waals surface area contributed by atoms with Crippen LogP contribution < -0.4 is 11.1 Å². The van der Waals surface area contributed by atoms with E-state index in [1.54, 1.807) is 6.92 Å². The number of hydrogen-bond acceptors (Lipinski definition) is 6. The number of carbonyl (C=O) groups excluding carboxylic acids is 1. The lowest BCUT2D eigenvalue weighted by molar-refractivity contribution is 0.0942. The molecule has 1 rings (SSSR count). The third kappa shape index (κ3) is 2.74. The highest BCUT2D eigenvalue weighted by Gasteiger charge is 2.21. The fourth-order valence-corrected chi connectivity index (χ4v) is 0.909. The molecule has 0 bridgehead atoms. The molecule has 0 aliphatic heterocycles. The zero-order valence-corrected chi connectivity index (χ0v) is 8.60. The number of nitrogens with two attached hydrogens (primary N) is 1. The predicted molar refractivity (Wildman–Crippen MR) is 50.9 cm³/mol. The van der Waals surface area contributed by atoms with Gasteiger partial charge in [-0.25, -0.2) is 0 Å². The van der Waals surface area contributed by atoms with Crippen molar-refractivity contribution in [3.63, 3.8) is 0 Å². The van der Waals surface area contributed by atoms with Crippen LogP contribution in [0.3, 0.4) is 0 Å². The van der Waals surface area contributed by atoms with E-state index in [0.29, 0.717) is 6.54 Å². The molecule has 0 aliphatic carbocycles. The molecule has 0 aromatic carbocycles. The summed E-state index contributed by atoms with van der Waals surface area (Å²) in [4.78, 5) is 15.0. The van der Waals surface area contributed by atoms with Gasteiger partial charge in [-0.2, -0.15) is 4.98 Å². The van der Waals surface area contributed by atoms with Crippen molar-refractivity contribution in [2.75, 3.05) is 6.54 Å². The fraction of sp³-hybridized carbons (Fsp3) is 0.625. The van der Waals surface area contributed by atoms with Crippen molar-refractivity contribution in [2.24, 2.45) is 5.73 Å². The Morgan fingerprint density at radius 2 is 2.40 bits per heavy atom. The van der Waals surface area contributed by atoms with Crippen LogP contribution in [0.25, 0.3) is 0 Å². The predicted octanol–water partition coefficient (Wildman–Crippen LogP) is -0.800. The Morgan fingerprint density at radius 3 is 2.93 bits per heavy atom. The Balaban J connectivity index is 2.76. The van der Waals surface area contributed by atoms with E-state index in [2.05, 4.69) is 15.5 Å². The lowest BCUT2D eigenvalue weighted by atomic mass is 10.2. The van der Waals surface area contributed by atoms with E-state index in [-0.39, 0.29) is 11.7 Å². The Kier molecular flexibility index (Phi) is 3.75. The monoisotopic (exact) mass is 214 g/mol. The van der Waals surface area contributed by atoms with Gasteiger partial charge >= 0.3 is 0 Å². The van der Waals surface area contributed by atoms with Gasteiger partial charge in [0.05, 0.1) is 6.10 Å². The Hall–Kier alpha value is -1.47. The third-order valence-corrected chi connectivity index (χ3v) is 1.79. The topological polar surface area (TPSA) is 114 Å². The van der Waals surface area contributed by atoms with Crippen molar-refractivity contribution in [1.29, 1.82) is 0 Å². The van der Waals surface area contributed by atoms with Crippen LogP contribution in [0.15, 0.2) is 4.52 Å². The molecule has 0 saturated heterocycles. The van der Waals surface area contributed by atoms with E-state index >= 15 is 0 Å². The van der Waals surface area contributed by atoms with Crippen molar-refractivity contribution in [2.45, 2.75) is 26.0 Å². The largest absolute Gasteiger partial charge is 0.391 e. The van der Waals surface area contributed by atoms with E-state index < -0.39 is 18.1 Å². The molecule has 7 heteroatoms. The number of aromatic nitrogens is 2. The molecule has 0 spiro atoms. The van der Waals surface area contributed by atoms with Crippen LogP contribution in [-0.2, 0) is 0 Å². The quantitative estimate of drug-likeness (QED) is 0.604. The van der Waals surface area contributed by atoms with Gasteiger partial charge in [0, 0.05) is 6.54 Å². The van der Waals surface area contributed by atoms with Crippen molar-refractivity contribution >= 4 is 5.91 Å². The SMILES string of the molecule is CCNC(=O)c1noc(C(N)C(C)O)n1. The van der Waals surface area contributed by atoms with Crippen molar-refractivity contribution in [3.8, 4) is 0 Å². The van der Waals surface area contributed by atoms with Crippen LogP contribution in [-0.4, -0.2) is 33.8 Å². The normalized spacial score (nSPS) is 14.7. The van der Waals surface area contributed by atoms with Gasteiger partial charge in [-0.05, 0) is 13.8 Å². The van der Waals surface area contributed by atoms with E-state index in [1.807, 2.05) is 0 Å². The average Bonchev–Trinajstić information content (AvgIpc) is 2.65. The molecule has 0 saturated carbocycles. The van der Waals surface area contributed by atoms with E-state index in [1.165, 1.54) is 6.92 Å². The summed E-state index contributed by atoms with van der Waals surface area (Å²) in [5.74, 6) is -0.459. The number of amides is 1. The van der Waals surface area contributed by atoms with Crippen molar-refractivity contribution in [3.05, 3.63) is 11.7 Å². The number of aliphatic hydroxyl groups excluding tert-OH is 1. The second kappa shape index (κ2) is 4.85. The first-order valence-corrected chi connectivity index (χ1v) is 4.61. The van der Waals surface area contributed by atoms with Gasteiger partial charge < -0.3 is 20.7 Å². The number of carbonyl (C=O) groups is 1. The van der Waals surface area contributed by atoms with Gasteiger partial charge in [0.25, 0.3) is 11.7 Å². The zero-order valence-electron chi connectivity index (χ0n) is 8.60. The summed E-state index contributed by atoms with van der Waals surface area (Å²) < 4.78 is 4.75. The number of rotatable bonds is 4. The van der Waals surface area contributed by atoms with Gasteiger partial charge in [-0.15, -0.1) is 0 Å². The second-order valence-corrected chi connectivity index (χ2v) is 3.08. The van der Waals surface area contributed by atoms with E-state index in [9.17, 15) is 9.90 Å². The van der Waals surface area contributed by atoms with Crippen molar-refractivity contribution in [1.82, 2.24) is 15.5 Å². The van der Waals surface area contributed by atoms with Crippen LogP contribution >= 0.6 is 0 Å². The molecule has 4 N–H and O–H groups in total. The summed E-state index contributed by atoms with van der Waals surface area (Å²) in [5.41, 5.74) is 5.55. The Bertz CT molecular complexity index is 336. The molecule has 2 unspecified atom stereocenters. The zero-order chi connectivity index (χ0) is 11.4. The van der Waals surface area contributed by atoms with Gasteiger partial charge in [-0.1, -0.05) is 5.16 Å². The van der Waals surface area contributed by atoms with Crippen LogP contribution in [0.4, 0.5) is 0 Å². The molecular formula is C8H14N4O3. The average molecular weight is 214 g/mol. The standard InChI is InChI=1S/C8H14N4O3/c1-3-10-7(14)6-11-8(15-12-6)5(9)4(2)13/h4-5,13H,3,9H2,1-2H3,(H,10,14). The minimum Gasteiger partial charge on any atom is -0.391 e. The van der Waals surface area contributed by atoms with Gasteiger partial charge in [0.2, 0.25) is 5.89 Å². The number of nitrogens with zero attached hydrogens (tertiary/aromatic N) is 2. The minimum absolute atomic E-state index is 0.0475. The number of nitrogens with one attached hydrogen (secondary N) is 1. The molecule has 15 heavy (non-hydrogen) atoms. The van der Waals surface area contributed by atoms with Crippen LogP contribution in [0.1, 0.15) is 36.4 Å². The molecular weight excluding hydrogens is 200 g/mol. The minimum atomic E-state index is -0.812. The second-order valence-electron chi connectivity index (χ2n) is 3.08. The highest BCUT2D eigenvalue weighted by Crippen LogP contribution is 2.11. The van der Waals surface area contributed by atoms with Crippen molar-refractivity contribution < 1.29 is 14.4 Å². The van der Waals surface area contributed by atoms with Crippen LogP contribution in [0.5, 0.6) is 0 Å². The summed E-state index contributed by atoms with van der Waals surface area (Å²) in [6.45, 7) is 3.76. The van der Waals surface area contributed by atoms with Crippen LogP contribution in [0, 0.1) is 0 Å². The van der Waals surface area contributed by atoms with Gasteiger partial charge in [0.1, 0.15) is 6.04 Å². The smallest absolute Gasteiger partial charge is 0.292 e. The number of hydrogen-bond donors (Lipinski definition) is 3. The molecule has 0 radical (unpaired) electrons. The molecule has 1 heterocycles. The summed E-state index contributed by atoms with van der Waals surface area (Å²) in [6.07, 6.45) is -0.812. The maximum absolute atomic E-state index is 11.3. The Morgan fingerprint density at radius 1 is 1.73 bits per heavy atom. The Labute approximate surface area is 86.7 Å². The maximum Gasteiger partial charge on any atom is 0.292 e. The number of aliphatic hydroxyl groups is 1. The van der Waals surface area contributed by atoms with Crippen LogP contribution in [0.2, 0.25) is 0 Å². The molecule has 2 atom stereocenters. The highest BCUT2D eigenvalue weighted by molar-refractivity contribution is 5.90. The lowest BCUT2D eigenvalue weighted by Crippen LogP contribution is -2.25. The molecule has 0 aliphatic rings. The van der Waals surface area contributed by atoms with Gasteiger partial charge in [-0.3, -0.25) is 4.79 Å². The first kappa shape index (κ1) is 11.6. The highest BCUT2D eigenvalue weighted by atomic mass is 16.5. The molecule has 0 fully saturated rings. The van der Waals surface area contributed by atoms with E-state index in [0.717, 1.165) is 0 Å². The summed E-state index contributed by atoms with van der Waals surface area (Å²) in [5, 5.41) is 15.1. The lowest BCUT2D eigenvalue weighted by Gasteiger charge is -2.08. The summed E-state index contributed by atoms with van der Waals surface area (Å²) in [6, 6.07) is -0.777. The first-order chi connectivity index (χ1) is 7.06. The third-order valence-electron chi connectivity index (χ3n) is 1.79. The van der Waals surface area contributed by atoms with Gasteiger partial charge in [0.15, 0.2) is 0 Å².